The van der Waals surface area contributed by atoms with Crippen LogP contribution in [0.5, 0.6) is 0 Å². The highest BCUT2D eigenvalue weighted by Gasteiger charge is 2.14. The second-order valence-electron chi connectivity index (χ2n) is 3.66. The van der Waals surface area contributed by atoms with E-state index >= 15 is 0 Å². The van der Waals surface area contributed by atoms with Crippen LogP contribution in [0.25, 0.3) is 0 Å². The predicted molar refractivity (Wildman–Crippen MR) is 65.0 cm³/mol. The molecule has 0 radical (unpaired) electrons. The molecule has 0 atom stereocenters. The zero-order valence-electron chi connectivity index (χ0n) is 9.26. The number of carbonyl (C=O) groups is 1. The lowest BCUT2D eigenvalue weighted by Crippen LogP contribution is -2.32. The van der Waals surface area contributed by atoms with E-state index < -0.39 is 11.7 Å². The molecule has 0 aliphatic rings. The second-order valence-corrected chi connectivity index (χ2v) is 4.51. The van der Waals surface area contributed by atoms with Crippen molar-refractivity contribution in [3.05, 3.63) is 34.1 Å². The Kier molecular flexibility index (Phi) is 4.89. The third-order valence-corrected chi connectivity index (χ3v) is 2.70. The number of benzene rings is 1. The van der Waals surface area contributed by atoms with Crippen LogP contribution in [0, 0.1) is 5.82 Å². The van der Waals surface area contributed by atoms with Crippen LogP contribution >= 0.6 is 15.9 Å². The molecule has 5 heteroatoms. The molecule has 3 nitrogen and oxygen atoms in total. The van der Waals surface area contributed by atoms with E-state index in [0.717, 1.165) is 6.54 Å². The first-order valence-corrected chi connectivity index (χ1v) is 5.68. The van der Waals surface area contributed by atoms with E-state index in [1.54, 1.807) is 12.1 Å². The molecular weight excluding hydrogens is 275 g/mol. The smallest absolute Gasteiger partial charge is 0.255 e. The molecule has 1 rings (SSSR count). The summed E-state index contributed by atoms with van der Waals surface area (Å²) in [6.07, 6.45) is 0. The maximum absolute atomic E-state index is 13.4. The van der Waals surface area contributed by atoms with E-state index in [4.69, 9.17) is 0 Å². The molecule has 88 valence electrons. The van der Waals surface area contributed by atoms with Gasteiger partial charge in [-0.05, 0) is 42.2 Å². The van der Waals surface area contributed by atoms with Gasteiger partial charge in [0, 0.05) is 17.6 Å². The monoisotopic (exact) mass is 288 g/mol. The highest BCUT2D eigenvalue weighted by Crippen LogP contribution is 2.19. The number of hydrogen-bond donors (Lipinski definition) is 1. The lowest BCUT2D eigenvalue weighted by atomic mass is 10.2. The van der Waals surface area contributed by atoms with Crippen LogP contribution in [-0.4, -0.2) is 38.0 Å². The van der Waals surface area contributed by atoms with Gasteiger partial charge in [0.2, 0.25) is 0 Å². The molecule has 0 aromatic heterocycles. The van der Waals surface area contributed by atoms with Crippen LogP contribution in [0.3, 0.4) is 0 Å². The predicted octanol–water partition coefficient (Wildman–Crippen LogP) is 1.88. The summed E-state index contributed by atoms with van der Waals surface area (Å²) in [5.41, 5.74) is 0.0567. The fourth-order valence-corrected chi connectivity index (χ4v) is 1.72. The fraction of sp³-hybridized carbons (Fsp3) is 0.364. The topological polar surface area (TPSA) is 32.3 Å². The Bertz CT molecular complexity index is 362. The van der Waals surface area contributed by atoms with Crippen molar-refractivity contribution >= 4 is 21.8 Å². The van der Waals surface area contributed by atoms with Gasteiger partial charge in [0.05, 0.1) is 5.56 Å². The lowest BCUT2D eigenvalue weighted by Gasteiger charge is -2.11. The van der Waals surface area contributed by atoms with Crippen molar-refractivity contribution in [2.45, 2.75) is 0 Å². The quantitative estimate of drug-likeness (QED) is 0.918. The van der Waals surface area contributed by atoms with Crippen LogP contribution in [0.2, 0.25) is 0 Å². The van der Waals surface area contributed by atoms with Crippen molar-refractivity contribution in [2.75, 3.05) is 27.2 Å². The first-order chi connectivity index (χ1) is 7.52. The van der Waals surface area contributed by atoms with Gasteiger partial charge in [-0.15, -0.1) is 0 Å². The number of nitrogens with zero attached hydrogens (tertiary/aromatic N) is 1. The zero-order chi connectivity index (χ0) is 12.1. The van der Waals surface area contributed by atoms with Gasteiger partial charge in [-0.3, -0.25) is 4.79 Å². The van der Waals surface area contributed by atoms with Gasteiger partial charge < -0.3 is 10.2 Å². The van der Waals surface area contributed by atoms with E-state index in [1.165, 1.54) is 6.07 Å². The Morgan fingerprint density at radius 3 is 2.75 bits per heavy atom. The summed E-state index contributed by atoms with van der Waals surface area (Å²) in [4.78, 5) is 13.6. The molecule has 0 aliphatic heterocycles. The van der Waals surface area contributed by atoms with Crippen molar-refractivity contribution in [3.63, 3.8) is 0 Å². The Hall–Kier alpha value is -0.940. The summed E-state index contributed by atoms with van der Waals surface area (Å²) in [5, 5.41) is 2.66. The molecule has 0 aliphatic carbocycles. The van der Waals surface area contributed by atoms with Crippen molar-refractivity contribution in [2.24, 2.45) is 0 Å². The number of halogens is 2. The maximum atomic E-state index is 13.4. The zero-order valence-corrected chi connectivity index (χ0v) is 10.8. The molecule has 1 N–H and O–H groups in total. The van der Waals surface area contributed by atoms with Crippen LogP contribution in [0.1, 0.15) is 10.4 Å². The number of amides is 1. The van der Waals surface area contributed by atoms with Crippen LogP contribution in [-0.2, 0) is 0 Å². The van der Waals surface area contributed by atoms with Crippen molar-refractivity contribution in [1.82, 2.24) is 10.2 Å². The minimum absolute atomic E-state index is 0.0567. The van der Waals surface area contributed by atoms with Gasteiger partial charge in [-0.2, -0.15) is 0 Å². The molecule has 0 spiro atoms. The molecule has 1 amide bonds. The van der Waals surface area contributed by atoms with E-state index in [2.05, 4.69) is 21.2 Å². The molecule has 1 aromatic carbocycles. The summed E-state index contributed by atoms with van der Waals surface area (Å²) < 4.78 is 13.9. The van der Waals surface area contributed by atoms with Crippen LogP contribution in [0.15, 0.2) is 22.7 Å². The SMILES string of the molecule is CN(C)CCNC(=O)c1c(F)cccc1Br. The number of carbonyl (C=O) groups excluding carboxylic acids is 1. The maximum Gasteiger partial charge on any atom is 0.255 e. The highest BCUT2D eigenvalue weighted by atomic mass is 79.9. The normalized spacial score (nSPS) is 10.6. The van der Waals surface area contributed by atoms with E-state index in [0.29, 0.717) is 11.0 Å². The third kappa shape index (κ3) is 3.57. The summed E-state index contributed by atoms with van der Waals surface area (Å²) in [5.74, 6) is -0.913. The van der Waals surface area contributed by atoms with Gasteiger partial charge in [-0.1, -0.05) is 6.07 Å². The van der Waals surface area contributed by atoms with E-state index in [9.17, 15) is 9.18 Å². The molecule has 16 heavy (non-hydrogen) atoms. The Labute approximate surface area is 103 Å². The molecular formula is C11H14BrFN2O. The number of hydrogen-bond acceptors (Lipinski definition) is 2. The van der Waals surface area contributed by atoms with E-state index in [-0.39, 0.29) is 5.56 Å². The largest absolute Gasteiger partial charge is 0.351 e. The standard InChI is InChI=1S/C11H14BrFN2O/c1-15(2)7-6-14-11(16)10-8(12)4-3-5-9(10)13/h3-5H,6-7H2,1-2H3,(H,14,16). The molecule has 0 unspecified atom stereocenters. The van der Waals surface area contributed by atoms with Gasteiger partial charge in [0.1, 0.15) is 5.82 Å². The number of likely N-dealkylation sites (N-methyl/N-ethyl adjacent to an activating group) is 1. The minimum atomic E-state index is -0.517. The highest BCUT2D eigenvalue weighted by molar-refractivity contribution is 9.10. The summed E-state index contributed by atoms with van der Waals surface area (Å²) in [7, 11) is 3.82. The molecule has 0 fully saturated rings. The van der Waals surface area contributed by atoms with Gasteiger partial charge >= 0.3 is 0 Å². The van der Waals surface area contributed by atoms with Crippen molar-refractivity contribution < 1.29 is 9.18 Å². The van der Waals surface area contributed by atoms with Crippen molar-refractivity contribution in [3.8, 4) is 0 Å². The fourth-order valence-electron chi connectivity index (χ4n) is 1.20. The summed E-state index contributed by atoms with van der Waals surface area (Å²) >= 11 is 3.16. The van der Waals surface area contributed by atoms with Crippen molar-refractivity contribution in [1.29, 1.82) is 0 Å². The van der Waals surface area contributed by atoms with Gasteiger partial charge in [0.25, 0.3) is 5.91 Å². The number of rotatable bonds is 4. The Balaban J connectivity index is 2.66. The minimum Gasteiger partial charge on any atom is -0.351 e. The van der Waals surface area contributed by atoms with E-state index in [1.807, 2.05) is 19.0 Å². The van der Waals surface area contributed by atoms with Gasteiger partial charge in [-0.25, -0.2) is 4.39 Å². The molecule has 0 saturated heterocycles. The van der Waals surface area contributed by atoms with Crippen LogP contribution < -0.4 is 5.32 Å². The molecule has 1 aromatic rings. The average Bonchev–Trinajstić information content (AvgIpc) is 2.16. The third-order valence-electron chi connectivity index (χ3n) is 2.03. The average molecular weight is 289 g/mol. The molecule has 0 heterocycles. The first kappa shape index (κ1) is 13.1. The molecule has 0 saturated carbocycles. The number of nitrogens with one attached hydrogen (secondary N) is 1. The second kappa shape index (κ2) is 5.96. The Morgan fingerprint density at radius 1 is 1.50 bits per heavy atom. The Morgan fingerprint density at radius 2 is 2.19 bits per heavy atom. The first-order valence-electron chi connectivity index (χ1n) is 4.89. The summed E-state index contributed by atoms with van der Waals surface area (Å²) in [6, 6.07) is 4.46. The van der Waals surface area contributed by atoms with Crippen LogP contribution in [0.4, 0.5) is 4.39 Å². The van der Waals surface area contributed by atoms with Gasteiger partial charge in [0.15, 0.2) is 0 Å². The lowest BCUT2D eigenvalue weighted by molar-refractivity contribution is 0.0946. The summed E-state index contributed by atoms with van der Waals surface area (Å²) in [6.45, 7) is 1.21. The molecule has 0 bridgehead atoms.